The average molecular weight is 291 g/mol. The van der Waals surface area contributed by atoms with Gasteiger partial charge < -0.3 is 10.2 Å². The van der Waals surface area contributed by atoms with Crippen LogP contribution in [0.5, 0.6) is 0 Å². The third-order valence-corrected chi connectivity index (χ3v) is 4.71. The Morgan fingerprint density at radius 1 is 1.21 bits per heavy atom. The lowest BCUT2D eigenvalue weighted by atomic mass is 9.85. The van der Waals surface area contributed by atoms with Crippen LogP contribution in [0, 0.1) is 5.92 Å². The van der Waals surface area contributed by atoms with E-state index >= 15 is 0 Å². The lowest BCUT2D eigenvalue weighted by Gasteiger charge is -2.25. The molecule has 0 unspecified atom stereocenters. The van der Waals surface area contributed by atoms with E-state index in [1.54, 1.807) is 0 Å². The summed E-state index contributed by atoms with van der Waals surface area (Å²) in [5.41, 5.74) is 0. The number of carbonyl (C=O) groups is 1. The summed E-state index contributed by atoms with van der Waals surface area (Å²) < 4.78 is 24.6. The van der Waals surface area contributed by atoms with E-state index in [0.29, 0.717) is 26.2 Å². The molecule has 7 heteroatoms. The van der Waals surface area contributed by atoms with Crippen LogP contribution in [0.1, 0.15) is 19.3 Å². The second kappa shape index (κ2) is 7.21. The highest BCUT2D eigenvalue weighted by Crippen LogP contribution is 2.25. The summed E-state index contributed by atoms with van der Waals surface area (Å²) in [6, 6.07) is 0. The summed E-state index contributed by atoms with van der Waals surface area (Å²) in [6.45, 7) is 1.84. The number of likely N-dealkylation sites (N-methyl/N-ethyl adjacent to an activating group) is 1. The van der Waals surface area contributed by atoms with Crippen molar-refractivity contribution in [3.63, 3.8) is 0 Å². The molecule has 0 saturated heterocycles. The minimum atomic E-state index is -3.21. The van der Waals surface area contributed by atoms with E-state index in [1.807, 2.05) is 19.0 Å². The molecule has 19 heavy (non-hydrogen) atoms. The Kier molecular flexibility index (Phi) is 6.22. The summed E-state index contributed by atoms with van der Waals surface area (Å²) >= 11 is 0. The maximum atomic E-state index is 11.6. The number of hydrogen-bond donors (Lipinski definition) is 1. The second-order valence-corrected chi connectivity index (χ2v) is 7.37. The highest BCUT2D eigenvalue weighted by molar-refractivity contribution is 7.88. The number of hydrogen-bond acceptors (Lipinski definition) is 4. The first-order valence-electron chi connectivity index (χ1n) is 6.68. The SMILES string of the molecule is CN(C)CCN(CCNC(=O)C1CCC1)S(C)(=O)=O. The van der Waals surface area contributed by atoms with E-state index in [1.165, 1.54) is 10.6 Å². The van der Waals surface area contributed by atoms with Gasteiger partial charge in [-0.25, -0.2) is 8.42 Å². The van der Waals surface area contributed by atoms with Gasteiger partial charge in [0.15, 0.2) is 0 Å². The monoisotopic (exact) mass is 291 g/mol. The minimum absolute atomic E-state index is 0.0623. The molecule has 1 amide bonds. The predicted octanol–water partition coefficient (Wildman–Crippen LogP) is -0.274. The Bertz CT molecular complexity index is 391. The zero-order valence-corrected chi connectivity index (χ0v) is 12.9. The third-order valence-electron chi connectivity index (χ3n) is 3.40. The summed E-state index contributed by atoms with van der Waals surface area (Å²) in [7, 11) is 0.588. The van der Waals surface area contributed by atoms with Gasteiger partial charge in [0.25, 0.3) is 0 Å². The van der Waals surface area contributed by atoms with Gasteiger partial charge in [0.2, 0.25) is 15.9 Å². The molecule has 0 heterocycles. The van der Waals surface area contributed by atoms with Crippen molar-refractivity contribution in [1.82, 2.24) is 14.5 Å². The van der Waals surface area contributed by atoms with Crippen molar-refractivity contribution in [2.24, 2.45) is 5.92 Å². The molecule has 1 fully saturated rings. The van der Waals surface area contributed by atoms with E-state index in [0.717, 1.165) is 19.3 Å². The molecule has 0 aromatic heterocycles. The average Bonchev–Trinajstić information content (AvgIpc) is 2.18. The molecule has 112 valence electrons. The van der Waals surface area contributed by atoms with Crippen molar-refractivity contribution < 1.29 is 13.2 Å². The number of sulfonamides is 1. The number of rotatable bonds is 8. The van der Waals surface area contributed by atoms with Crippen LogP contribution >= 0.6 is 0 Å². The quantitative estimate of drug-likeness (QED) is 0.668. The molecule has 0 spiro atoms. The molecule has 0 aromatic carbocycles. The van der Waals surface area contributed by atoms with E-state index in [2.05, 4.69) is 5.32 Å². The molecule has 1 rings (SSSR count). The van der Waals surface area contributed by atoms with Crippen molar-refractivity contribution in [2.45, 2.75) is 19.3 Å². The van der Waals surface area contributed by atoms with Gasteiger partial charge in [-0.15, -0.1) is 0 Å². The zero-order chi connectivity index (χ0) is 14.5. The maximum absolute atomic E-state index is 11.6. The summed E-state index contributed by atoms with van der Waals surface area (Å²) in [4.78, 5) is 13.6. The molecule has 1 aliphatic carbocycles. The maximum Gasteiger partial charge on any atom is 0.223 e. The van der Waals surface area contributed by atoms with Crippen molar-refractivity contribution in [2.75, 3.05) is 46.5 Å². The van der Waals surface area contributed by atoms with Gasteiger partial charge in [0.1, 0.15) is 0 Å². The van der Waals surface area contributed by atoms with Crippen LogP contribution in [0.25, 0.3) is 0 Å². The second-order valence-electron chi connectivity index (χ2n) is 5.38. The van der Waals surface area contributed by atoms with Gasteiger partial charge in [-0.2, -0.15) is 4.31 Å². The standard InChI is InChI=1S/C12H25N3O3S/c1-14(2)9-10-15(19(3,17)18)8-7-13-12(16)11-5-4-6-11/h11H,4-10H2,1-3H3,(H,13,16). The van der Waals surface area contributed by atoms with Gasteiger partial charge in [-0.1, -0.05) is 6.42 Å². The van der Waals surface area contributed by atoms with Crippen LogP contribution in [0.15, 0.2) is 0 Å². The molecule has 1 N–H and O–H groups in total. The Labute approximate surface area is 116 Å². The van der Waals surface area contributed by atoms with Gasteiger partial charge in [-0.05, 0) is 26.9 Å². The van der Waals surface area contributed by atoms with Crippen LogP contribution in [0.2, 0.25) is 0 Å². The topological polar surface area (TPSA) is 69.7 Å². The first-order valence-corrected chi connectivity index (χ1v) is 8.53. The van der Waals surface area contributed by atoms with Crippen molar-refractivity contribution in [3.8, 4) is 0 Å². The van der Waals surface area contributed by atoms with Crippen molar-refractivity contribution in [3.05, 3.63) is 0 Å². The normalized spacial score (nSPS) is 16.7. The first kappa shape index (κ1) is 16.4. The summed E-state index contributed by atoms with van der Waals surface area (Å²) in [5.74, 6) is 0.209. The summed E-state index contributed by atoms with van der Waals surface area (Å²) in [6.07, 6.45) is 4.25. The molecule has 0 aromatic rings. The lowest BCUT2D eigenvalue weighted by molar-refractivity contribution is -0.127. The Balaban J connectivity index is 2.33. The van der Waals surface area contributed by atoms with E-state index in [4.69, 9.17) is 0 Å². The van der Waals surface area contributed by atoms with Gasteiger partial charge in [-0.3, -0.25) is 4.79 Å². The van der Waals surface area contributed by atoms with Crippen LogP contribution < -0.4 is 5.32 Å². The van der Waals surface area contributed by atoms with Crippen LogP contribution in [-0.4, -0.2) is 70.1 Å². The van der Waals surface area contributed by atoms with Crippen LogP contribution in [0.3, 0.4) is 0 Å². The van der Waals surface area contributed by atoms with Crippen molar-refractivity contribution in [1.29, 1.82) is 0 Å². The highest BCUT2D eigenvalue weighted by Gasteiger charge is 2.25. The molecule has 1 aliphatic rings. The van der Waals surface area contributed by atoms with Crippen molar-refractivity contribution >= 4 is 15.9 Å². The Hall–Kier alpha value is -0.660. The third kappa shape index (κ3) is 5.88. The molecule has 0 radical (unpaired) electrons. The molecule has 0 bridgehead atoms. The fourth-order valence-corrected chi connectivity index (χ4v) is 2.71. The fourth-order valence-electron chi connectivity index (χ4n) is 1.87. The Morgan fingerprint density at radius 3 is 2.26 bits per heavy atom. The van der Waals surface area contributed by atoms with Crippen LogP contribution in [0.4, 0.5) is 0 Å². The largest absolute Gasteiger partial charge is 0.355 e. The summed E-state index contributed by atoms with van der Waals surface area (Å²) in [5, 5.41) is 2.82. The minimum Gasteiger partial charge on any atom is -0.355 e. The molecule has 1 saturated carbocycles. The highest BCUT2D eigenvalue weighted by atomic mass is 32.2. The smallest absolute Gasteiger partial charge is 0.223 e. The zero-order valence-electron chi connectivity index (χ0n) is 12.1. The van der Waals surface area contributed by atoms with E-state index < -0.39 is 10.0 Å². The number of carbonyl (C=O) groups excluding carboxylic acids is 1. The fraction of sp³-hybridized carbons (Fsp3) is 0.917. The number of nitrogens with zero attached hydrogens (tertiary/aromatic N) is 2. The Morgan fingerprint density at radius 2 is 1.84 bits per heavy atom. The number of amides is 1. The van der Waals surface area contributed by atoms with Gasteiger partial charge in [0.05, 0.1) is 6.26 Å². The molecule has 0 aliphatic heterocycles. The van der Waals surface area contributed by atoms with Gasteiger partial charge >= 0.3 is 0 Å². The van der Waals surface area contributed by atoms with E-state index in [-0.39, 0.29) is 11.8 Å². The molecule has 6 nitrogen and oxygen atoms in total. The molecular formula is C12H25N3O3S. The predicted molar refractivity (Wildman–Crippen MR) is 75.3 cm³/mol. The van der Waals surface area contributed by atoms with Crippen LogP contribution in [-0.2, 0) is 14.8 Å². The number of nitrogens with one attached hydrogen (secondary N) is 1. The lowest BCUT2D eigenvalue weighted by Crippen LogP contribution is -2.43. The first-order chi connectivity index (χ1) is 8.80. The van der Waals surface area contributed by atoms with Gasteiger partial charge in [0, 0.05) is 32.1 Å². The van der Waals surface area contributed by atoms with E-state index in [9.17, 15) is 13.2 Å². The molecule has 0 atom stereocenters. The molecular weight excluding hydrogens is 266 g/mol.